The molecule has 2 aromatic rings. The first-order chi connectivity index (χ1) is 16.6. The molecule has 2 aromatic carbocycles. The lowest BCUT2D eigenvalue weighted by Gasteiger charge is -2.11. The fraction of sp³-hybridized carbons (Fsp3) is 0.333. The van der Waals surface area contributed by atoms with Crippen molar-refractivity contribution in [3.8, 4) is 11.5 Å². The van der Waals surface area contributed by atoms with Crippen LogP contribution in [0.15, 0.2) is 36.4 Å². The van der Waals surface area contributed by atoms with Crippen LogP contribution < -0.4 is 9.47 Å². The van der Waals surface area contributed by atoms with Gasteiger partial charge in [0.15, 0.2) is 17.7 Å². The van der Waals surface area contributed by atoms with Gasteiger partial charge in [0.05, 0.1) is 12.2 Å². The molecule has 194 valence electrons. The number of carbonyl (C=O) groups excluding carboxylic acids is 4. The summed E-state index contributed by atoms with van der Waals surface area (Å²) in [7, 11) is 0. The molecule has 0 saturated heterocycles. The zero-order valence-electron chi connectivity index (χ0n) is 19.6. The standard InChI is InChI=1S/C10H8F2O3.C10H6F2O3.C4H8O2/c2*1-5(13)6-2-3-8-7(4-6)9(14)10(11,12)15-8;1-3-6-4(2)5/h2-4,9,14H,1H3;2-4H,1H3;3H2,1-2H3. The Bertz CT molecular complexity index is 1190. The molecule has 2 heterocycles. The highest BCUT2D eigenvalue weighted by molar-refractivity contribution is 6.07. The molecule has 1 atom stereocenters. The fourth-order valence-corrected chi connectivity index (χ4v) is 3.02. The predicted octanol–water partition coefficient (Wildman–Crippen LogP) is 4.53. The van der Waals surface area contributed by atoms with E-state index in [-0.39, 0.29) is 51.3 Å². The zero-order valence-corrected chi connectivity index (χ0v) is 19.6. The number of hydrogen-bond donors (Lipinski definition) is 1. The van der Waals surface area contributed by atoms with Gasteiger partial charge in [-0.2, -0.15) is 17.6 Å². The second kappa shape index (κ2) is 10.9. The molecule has 1 N–H and O–H groups in total. The Morgan fingerprint density at radius 3 is 1.92 bits per heavy atom. The minimum atomic E-state index is -3.81. The average Bonchev–Trinajstić information content (AvgIpc) is 3.15. The molecule has 0 amide bonds. The van der Waals surface area contributed by atoms with Gasteiger partial charge < -0.3 is 19.3 Å². The Morgan fingerprint density at radius 1 is 0.917 bits per heavy atom. The summed E-state index contributed by atoms with van der Waals surface area (Å²) >= 11 is 0. The van der Waals surface area contributed by atoms with Crippen LogP contribution in [0.1, 0.15) is 70.4 Å². The highest BCUT2D eigenvalue weighted by Gasteiger charge is 2.50. The van der Waals surface area contributed by atoms with Crippen molar-refractivity contribution in [3.63, 3.8) is 0 Å². The third-order valence-corrected chi connectivity index (χ3v) is 4.76. The van der Waals surface area contributed by atoms with Crippen LogP contribution in [0, 0.1) is 0 Å². The van der Waals surface area contributed by atoms with Crippen LogP contribution in [-0.2, 0) is 9.53 Å². The number of esters is 1. The monoisotopic (exact) mass is 514 g/mol. The van der Waals surface area contributed by atoms with E-state index in [1.807, 2.05) is 0 Å². The van der Waals surface area contributed by atoms with Gasteiger partial charge in [-0.15, -0.1) is 0 Å². The van der Waals surface area contributed by atoms with Crippen molar-refractivity contribution in [1.29, 1.82) is 0 Å². The predicted molar refractivity (Wildman–Crippen MR) is 116 cm³/mol. The summed E-state index contributed by atoms with van der Waals surface area (Å²) in [5, 5.41) is 9.23. The van der Waals surface area contributed by atoms with Gasteiger partial charge in [0.25, 0.3) is 5.78 Å². The van der Waals surface area contributed by atoms with Gasteiger partial charge in [-0.1, -0.05) is 0 Å². The van der Waals surface area contributed by atoms with Gasteiger partial charge in [0.1, 0.15) is 11.5 Å². The maximum absolute atomic E-state index is 12.9. The van der Waals surface area contributed by atoms with Crippen LogP contribution in [0.3, 0.4) is 0 Å². The van der Waals surface area contributed by atoms with E-state index >= 15 is 0 Å². The Balaban J connectivity index is 0.000000208. The van der Waals surface area contributed by atoms with E-state index < -0.39 is 24.1 Å². The summed E-state index contributed by atoms with van der Waals surface area (Å²) in [6, 6.07) is 7.54. The summed E-state index contributed by atoms with van der Waals surface area (Å²) in [5.74, 6) is -2.42. The van der Waals surface area contributed by atoms with Crippen LogP contribution in [-0.4, -0.2) is 47.2 Å². The zero-order chi connectivity index (χ0) is 27.4. The molecule has 0 bridgehead atoms. The van der Waals surface area contributed by atoms with E-state index in [1.54, 1.807) is 6.92 Å². The lowest BCUT2D eigenvalue weighted by molar-refractivity contribution is -0.224. The number of carbonyl (C=O) groups is 4. The van der Waals surface area contributed by atoms with Crippen LogP contribution >= 0.6 is 0 Å². The van der Waals surface area contributed by atoms with Gasteiger partial charge in [0.2, 0.25) is 0 Å². The third-order valence-electron chi connectivity index (χ3n) is 4.76. The number of ketones is 3. The summed E-state index contributed by atoms with van der Waals surface area (Å²) < 4.78 is 64.2. The maximum Gasteiger partial charge on any atom is 0.466 e. The number of ether oxygens (including phenoxy) is 3. The number of rotatable bonds is 3. The fourth-order valence-electron chi connectivity index (χ4n) is 3.02. The molecule has 0 aromatic heterocycles. The molecule has 2 aliphatic heterocycles. The van der Waals surface area contributed by atoms with Gasteiger partial charge in [0, 0.05) is 23.6 Å². The summed E-state index contributed by atoms with van der Waals surface area (Å²) in [6.07, 6.45) is -9.43. The van der Waals surface area contributed by atoms with Gasteiger partial charge in [-0.3, -0.25) is 19.2 Å². The number of aliphatic hydroxyl groups is 1. The van der Waals surface area contributed by atoms with E-state index in [0.29, 0.717) is 6.61 Å². The molecular weight excluding hydrogens is 492 g/mol. The number of fused-ring (bicyclic) bond motifs is 2. The van der Waals surface area contributed by atoms with Crippen LogP contribution in [0.25, 0.3) is 0 Å². The Hall–Kier alpha value is -3.80. The summed E-state index contributed by atoms with van der Waals surface area (Å²) in [5.41, 5.74) is 0.193. The van der Waals surface area contributed by atoms with Crippen molar-refractivity contribution in [1.82, 2.24) is 0 Å². The van der Waals surface area contributed by atoms with Crippen LogP contribution in [0.5, 0.6) is 11.5 Å². The second-order valence-corrected chi connectivity index (χ2v) is 7.51. The number of alkyl halides is 4. The average molecular weight is 514 g/mol. The quantitative estimate of drug-likeness (QED) is 0.361. The largest absolute Gasteiger partial charge is 0.466 e. The van der Waals surface area contributed by atoms with E-state index in [4.69, 9.17) is 0 Å². The Kier molecular flexibility index (Phi) is 8.57. The van der Waals surface area contributed by atoms with Crippen LogP contribution in [0.2, 0.25) is 0 Å². The molecule has 0 aliphatic carbocycles. The highest BCUT2D eigenvalue weighted by atomic mass is 19.3. The van der Waals surface area contributed by atoms with Gasteiger partial charge in [-0.25, -0.2) is 0 Å². The number of aliphatic hydroxyl groups excluding tert-OH is 1. The van der Waals surface area contributed by atoms with E-state index in [2.05, 4.69) is 14.2 Å². The third kappa shape index (κ3) is 6.45. The molecule has 0 saturated carbocycles. The Morgan fingerprint density at radius 2 is 1.44 bits per heavy atom. The molecule has 36 heavy (non-hydrogen) atoms. The first-order valence-electron chi connectivity index (χ1n) is 10.4. The molecule has 2 aliphatic rings. The minimum Gasteiger partial charge on any atom is -0.466 e. The summed E-state index contributed by atoms with van der Waals surface area (Å²) in [4.78, 5) is 42.9. The van der Waals surface area contributed by atoms with Crippen molar-refractivity contribution < 1.29 is 56.1 Å². The van der Waals surface area contributed by atoms with Crippen molar-refractivity contribution in [2.45, 2.75) is 46.0 Å². The number of benzene rings is 2. The smallest absolute Gasteiger partial charge is 0.466 e. The van der Waals surface area contributed by atoms with Crippen molar-refractivity contribution in [2.75, 3.05) is 6.61 Å². The van der Waals surface area contributed by atoms with E-state index in [1.165, 1.54) is 51.1 Å². The second-order valence-electron chi connectivity index (χ2n) is 7.51. The van der Waals surface area contributed by atoms with Gasteiger partial charge >= 0.3 is 18.2 Å². The lowest BCUT2D eigenvalue weighted by atomic mass is 10.0. The van der Waals surface area contributed by atoms with Crippen molar-refractivity contribution in [3.05, 3.63) is 58.7 Å². The molecule has 8 nitrogen and oxygen atoms in total. The first-order valence-corrected chi connectivity index (χ1v) is 10.4. The number of halogens is 4. The van der Waals surface area contributed by atoms with Gasteiger partial charge in [-0.05, 0) is 57.2 Å². The molecule has 1 unspecified atom stereocenters. The topological polar surface area (TPSA) is 116 Å². The maximum atomic E-state index is 12.9. The van der Waals surface area contributed by atoms with E-state index in [9.17, 15) is 41.8 Å². The number of hydrogen-bond acceptors (Lipinski definition) is 8. The summed E-state index contributed by atoms with van der Waals surface area (Å²) in [6.45, 7) is 6.27. The molecule has 0 spiro atoms. The lowest BCUT2D eigenvalue weighted by Crippen LogP contribution is -2.28. The normalized spacial score (nSPS) is 17.6. The Labute approximate surface area is 202 Å². The first kappa shape index (κ1) is 28.4. The van der Waals surface area contributed by atoms with Crippen molar-refractivity contribution in [2.24, 2.45) is 0 Å². The molecular formula is C24H22F4O8. The van der Waals surface area contributed by atoms with E-state index in [0.717, 1.165) is 6.07 Å². The van der Waals surface area contributed by atoms with Crippen LogP contribution in [0.4, 0.5) is 17.6 Å². The highest BCUT2D eigenvalue weighted by Crippen LogP contribution is 2.45. The van der Waals surface area contributed by atoms with Crippen molar-refractivity contribution >= 4 is 23.3 Å². The number of Topliss-reactive ketones (excluding diaryl/α,β-unsaturated/α-hetero) is 3. The molecule has 0 fully saturated rings. The molecule has 12 heteroatoms. The molecule has 0 radical (unpaired) electrons. The molecule has 4 rings (SSSR count). The SMILES string of the molecule is CC(=O)c1ccc2c(c1)C(=O)C(F)(F)O2.CC(=O)c1ccc2c(c1)C(O)C(F)(F)O2.CCOC(C)=O. The minimum absolute atomic E-state index is 0.0484.